The van der Waals surface area contributed by atoms with Gasteiger partial charge in [0, 0.05) is 13.1 Å². The predicted molar refractivity (Wildman–Crippen MR) is 92.7 cm³/mol. The van der Waals surface area contributed by atoms with E-state index in [1.54, 1.807) is 12.1 Å². The molecular weight excluding hydrogens is 305 g/mol. The van der Waals surface area contributed by atoms with Crippen LogP contribution in [0.15, 0.2) is 48.5 Å². The van der Waals surface area contributed by atoms with Crippen LogP contribution in [0, 0.1) is 5.82 Å². The van der Waals surface area contributed by atoms with Gasteiger partial charge in [0.25, 0.3) is 0 Å². The first-order valence-corrected chi connectivity index (χ1v) is 8.33. The first-order chi connectivity index (χ1) is 11.7. The van der Waals surface area contributed by atoms with Crippen molar-refractivity contribution in [1.29, 1.82) is 0 Å². The maximum Gasteiger partial charge on any atom is 0.206 e. The van der Waals surface area contributed by atoms with Crippen LogP contribution in [0.5, 0.6) is 0 Å². The summed E-state index contributed by atoms with van der Waals surface area (Å²) in [5, 5.41) is 9.75. The summed E-state index contributed by atoms with van der Waals surface area (Å²) in [6.07, 6.45) is 1.29. The van der Waals surface area contributed by atoms with Crippen LogP contribution in [0.25, 0.3) is 11.0 Å². The Labute approximate surface area is 140 Å². The van der Waals surface area contributed by atoms with E-state index in [4.69, 9.17) is 4.98 Å². The number of rotatable bonds is 3. The Morgan fingerprint density at radius 1 is 1.08 bits per heavy atom. The molecule has 24 heavy (non-hydrogen) atoms. The number of anilines is 1. The third-order valence-corrected chi connectivity index (χ3v) is 4.61. The number of aromatic nitrogens is 2. The largest absolute Gasteiger partial charge is 0.393 e. The molecule has 0 amide bonds. The number of hydrogen-bond donors (Lipinski definition) is 1. The van der Waals surface area contributed by atoms with Crippen molar-refractivity contribution < 1.29 is 9.50 Å². The van der Waals surface area contributed by atoms with Gasteiger partial charge in [-0.25, -0.2) is 9.37 Å². The molecule has 0 aliphatic carbocycles. The van der Waals surface area contributed by atoms with E-state index in [0.29, 0.717) is 6.54 Å². The van der Waals surface area contributed by atoms with Crippen molar-refractivity contribution in [3.8, 4) is 0 Å². The smallest absolute Gasteiger partial charge is 0.206 e. The molecule has 0 bridgehead atoms. The number of para-hydroxylation sites is 2. The number of benzene rings is 2. The Kier molecular flexibility index (Phi) is 3.94. The summed E-state index contributed by atoms with van der Waals surface area (Å²) >= 11 is 0. The molecule has 3 aromatic rings. The molecule has 0 radical (unpaired) electrons. The van der Waals surface area contributed by atoms with Crippen LogP contribution in [0.1, 0.15) is 18.4 Å². The number of halogens is 1. The van der Waals surface area contributed by atoms with Crippen LogP contribution in [0.2, 0.25) is 0 Å². The number of nitrogens with zero attached hydrogens (tertiary/aromatic N) is 3. The molecule has 1 saturated heterocycles. The second-order valence-corrected chi connectivity index (χ2v) is 6.33. The lowest BCUT2D eigenvalue weighted by molar-refractivity contribution is 0.145. The Hall–Kier alpha value is -2.40. The molecule has 1 aliphatic rings. The molecule has 2 aromatic carbocycles. The van der Waals surface area contributed by atoms with E-state index in [0.717, 1.165) is 48.5 Å². The number of aliphatic hydroxyl groups is 1. The first kappa shape index (κ1) is 15.1. The molecule has 0 atom stereocenters. The molecule has 124 valence electrons. The highest BCUT2D eigenvalue weighted by Crippen LogP contribution is 2.26. The molecule has 0 saturated carbocycles. The van der Waals surface area contributed by atoms with Gasteiger partial charge >= 0.3 is 0 Å². The number of hydrogen-bond acceptors (Lipinski definition) is 3. The summed E-state index contributed by atoms with van der Waals surface area (Å²) in [6.45, 7) is 2.15. The molecule has 1 aliphatic heterocycles. The lowest BCUT2D eigenvalue weighted by atomic mass is 10.1. The van der Waals surface area contributed by atoms with E-state index < -0.39 is 0 Å². The van der Waals surface area contributed by atoms with Crippen LogP contribution in [-0.4, -0.2) is 33.9 Å². The third kappa shape index (κ3) is 2.87. The van der Waals surface area contributed by atoms with E-state index in [-0.39, 0.29) is 11.9 Å². The molecule has 4 nitrogen and oxygen atoms in total. The molecule has 1 N–H and O–H groups in total. The second kappa shape index (κ2) is 6.24. The Balaban J connectivity index is 1.75. The van der Waals surface area contributed by atoms with Gasteiger partial charge in [0.15, 0.2) is 0 Å². The SMILES string of the molecule is OC1CCN(c2nc3ccccc3n2Cc2cccc(F)c2)CC1. The van der Waals surface area contributed by atoms with Crippen LogP contribution in [-0.2, 0) is 6.54 Å². The van der Waals surface area contributed by atoms with Crippen LogP contribution in [0.4, 0.5) is 10.3 Å². The van der Waals surface area contributed by atoms with Crippen LogP contribution >= 0.6 is 0 Å². The fourth-order valence-electron chi connectivity index (χ4n) is 3.34. The van der Waals surface area contributed by atoms with Crippen molar-refractivity contribution in [2.45, 2.75) is 25.5 Å². The van der Waals surface area contributed by atoms with Gasteiger partial charge < -0.3 is 14.6 Å². The van der Waals surface area contributed by atoms with E-state index in [1.165, 1.54) is 6.07 Å². The van der Waals surface area contributed by atoms with Crippen molar-refractivity contribution in [3.05, 3.63) is 59.9 Å². The molecule has 5 heteroatoms. The van der Waals surface area contributed by atoms with Gasteiger partial charge in [0.2, 0.25) is 5.95 Å². The monoisotopic (exact) mass is 325 g/mol. The van der Waals surface area contributed by atoms with Gasteiger partial charge in [-0.1, -0.05) is 24.3 Å². The highest BCUT2D eigenvalue weighted by Gasteiger charge is 2.22. The van der Waals surface area contributed by atoms with E-state index >= 15 is 0 Å². The standard InChI is InChI=1S/C19H20FN3O/c20-15-5-3-4-14(12-15)13-23-18-7-2-1-6-17(18)21-19(23)22-10-8-16(24)9-11-22/h1-7,12,16,24H,8-11,13H2. The highest BCUT2D eigenvalue weighted by molar-refractivity contribution is 5.79. The molecule has 0 unspecified atom stereocenters. The van der Waals surface area contributed by atoms with Gasteiger partial charge in [-0.3, -0.25) is 0 Å². The second-order valence-electron chi connectivity index (χ2n) is 6.33. The van der Waals surface area contributed by atoms with Gasteiger partial charge in [-0.15, -0.1) is 0 Å². The number of imidazole rings is 1. The molecule has 1 fully saturated rings. The van der Waals surface area contributed by atoms with Crippen LogP contribution < -0.4 is 4.90 Å². The zero-order valence-electron chi connectivity index (χ0n) is 13.4. The lowest BCUT2D eigenvalue weighted by Gasteiger charge is -2.30. The van der Waals surface area contributed by atoms with E-state index in [2.05, 4.69) is 9.47 Å². The Bertz CT molecular complexity index is 853. The Morgan fingerprint density at radius 2 is 1.88 bits per heavy atom. The van der Waals surface area contributed by atoms with Crippen molar-refractivity contribution in [2.75, 3.05) is 18.0 Å². The normalized spacial score (nSPS) is 16.0. The van der Waals surface area contributed by atoms with Crippen LogP contribution in [0.3, 0.4) is 0 Å². The minimum absolute atomic E-state index is 0.220. The van der Waals surface area contributed by atoms with Crippen molar-refractivity contribution >= 4 is 17.0 Å². The third-order valence-electron chi connectivity index (χ3n) is 4.61. The fraction of sp³-hybridized carbons (Fsp3) is 0.316. The average Bonchev–Trinajstić information content (AvgIpc) is 2.94. The maximum atomic E-state index is 13.5. The molecule has 1 aromatic heterocycles. The predicted octanol–water partition coefficient (Wildman–Crippen LogP) is 3.18. The molecule has 0 spiro atoms. The van der Waals surface area contributed by atoms with Gasteiger partial charge in [-0.2, -0.15) is 0 Å². The summed E-state index contributed by atoms with van der Waals surface area (Å²) in [6, 6.07) is 14.7. The number of fused-ring (bicyclic) bond motifs is 1. The van der Waals surface area contributed by atoms with Gasteiger partial charge in [0.05, 0.1) is 23.7 Å². The minimum Gasteiger partial charge on any atom is -0.393 e. The number of aliphatic hydroxyl groups excluding tert-OH is 1. The van der Waals surface area contributed by atoms with Gasteiger partial charge in [0.1, 0.15) is 5.82 Å². The van der Waals surface area contributed by atoms with Crippen molar-refractivity contribution in [2.24, 2.45) is 0 Å². The summed E-state index contributed by atoms with van der Waals surface area (Å²) < 4.78 is 15.7. The summed E-state index contributed by atoms with van der Waals surface area (Å²) in [4.78, 5) is 7.01. The first-order valence-electron chi connectivity index (χ1n) is 8.33. The highest BCUT2D eigenvalue weighted by atomic mass is 19.1. The molecular formula is C19H20FN3O. The zero-order chi connectivity index (χ0) is 16.5. The van der Waals surface area contributed by atoms with Crippen molar-refractivity contribution in [1.82, 2.24) is 9.55 Å². The summed E-state index contributed by atoms with van der Waals surface area (Å²) in [7, 11) is 0. The van der Waals surface area contributed by atoms with Crippen molar-refractivity contribution in [3.63, 3.8) is 0 Å². The zero-order valence-corrected chi connectivity index (χ0v) is 13.4. The Morgan fingerprint density at radius 3 is 2.67 bits per heavy atom. The van der Waals surface area contributed by atoms with E-state index in [9.17, 15) is 9.50 Å². The molecule has 2 heterocycles. The quantitative estimate of drug-likeness (QED) is 0.804. The fourth-order valence-corrected chi connectivity index (χ4v) is 3.34. The van der Waals surface area contributed by atoms with Gasteiger partial charge in [-0.05, 0) is 42.7 Å². The number of piperidine rings is 1. The topological polar surface area (TPSA) is 41.3 Å². The summed E-state index contributed by atoms with van der Waals surface area (Å²) in [5.74, 6) is 0.673. The van der Waals surface area contributed by atoms with E-state index in [1.807, 2.05) is 30.3 Å². The lowest BCUT2D eigenvalue weighted by Crippen LogP contribution is -2.37. The maximum absolute atomic E-state index is 13.5. The summed E-state index contributed by atoms with van der Waals surface area (Å²) in [5.41, 5.74) is 2.90. The average molecular weight is 325 g/mol. The molecule has 4 rings (SSSR count). The minimum atomic E-state index is -0.223.